The van der Waals surface area contributed by atoms with Crippen molar-refractivity contribution in [3.63, 3.8) is 0 Å². The third-order valence-corrected chi connectivity index (χ3v) is 5.49. The Balaban J connectivity index is 1.95. The molecule has 1 N–H and O–H groups in total. The van der Waals surface area contributed by atoms with Crippen LogP contribution in [0, 0.1) is 0 Å². The number of likely N-dealkylation sites (tertiary alicyclic amines) is 1. The predicted octanol–water partition coefficient (Wildman–Crippen LogP) is 1.02. The number of ketones is 1. The molecule has 2 heterocycles. The van der Waals surface area contributed by atoms with E-state index in [0.29, 0.717) is 30.0 Å². The number of quaternary nitrogens is 1. The van der Waals surface area contributed by atoms with E-state index in [1.165, 1.54) is 9.80 Å². The SMILES string of the molecule is CCCCOc1ccc(/C([O-])=C2\C(=O)C(=O)N(CCC[NH+](C)C)C2c2cccnc2)cc1. The van der Waals surface area contributed by atoms with Gasteiger partial charge >= 0.3 is 0 Å². The molecule has 2 aromatic rings. The van der Waals surface area contributed by atoms with E-state index < -0.39 is 23.5 Å². The van der Waals surface area contributed by atoms with E-state index in [-0.39, 0.29) is 5.57 Å². The number of carbonyl (C=O) groups is 2. The lowest BCUT2D eigenvalue weighted by atomic mass is 9.96. The fourth-order valence-corrected chi connectivity index (χ4v) is 3.78. The molecule has 1 aliphatic heterocycles. The van der Waals surface area contributed by atoms with Gasteiger partial charge in [0.25, 0.3) is 5.91 Å². The van der Waals surface area contributed by atoms with E-state index in [9.17, 15) is 14.7 Å². The van der Waals surface area contributed by atoms with Gasteiger partial charge in [0.15, 0.2) is 0 Å². The van der Waals surface area contributed by atoms with Gasteiger partial charge in [-0.05, 0) is 35.7 Å². The summed E-state index contributed by atoms with van der Waals surface area (Å²) in [6.07, 6.45) is 5.95. The normalized spacial score (nSPS) is 17.9. The fraction of sp³-hybridized carbons (Fsp3) is 0.400. The minimum atomic E-state index is -0.732. The van der Waals surface area contributed by atoms with E-state index in [4.69, 9.17) is 4.74 Å². The summed E-state index contributed by atoms with van der Waals surface area (Å²) in [7, 11) is 4.07. The Bertz CT molecular complexity index is 955. The van der Waals surface area contributed by atoms with E-state index >= 15 is 0 Å². The van der Waals surface area contributed by atoms with E-state index in [2.05, 4.69) is 11.9 Å². The molecule has 0 radical (unpaired) electrons. The molecule has 1 aromatic heterocycles. The average Bonchev–Trinajstić information content (AvgIpc) is 3.04. The number of nitrogens with zero attached hydrogens (tertiary/aromatic N) is 2. The molecule has 0 bridgehead atoms. The predicted molar refractivity (Wildman–Crippen MR) is 120 cm³/mol. The van der Waals surface area contributed by atoms with Crippen molar-refractivity contribution in [1.82, 2.24) is 9.88 Å². The Hall–Kier alpha value is -3.19. The fourth-order valence-electron chi connectivity index (χ4n) is 3.78. The third kappa shape index (κ3) is 5.34. The largest absolute Gasteiger partial charge is 0.872 e. The van der Waals surface area contributed by atoms with Crippen molar-refractivity contribution in [3.05, 3.63) is 65.5 Å². The summed E-state index contributed by atoms with van der Waals surface area (Å²) >= 11 is 0. The summed E-state index contributed by atoms with van der Waals surface area (Å²) in [6, 6.07) is 9.55. The number of rotatable bonds is 10. The lowest BCUT2D eigenvalue weighted by Crippen LogP contribution is -3.05. The summed E-state index contributed by atoms with van der Waals surface area (Å²) in [5, 5.41) is 13.4. The Morgan fingerprint density at radius 3 is 2.53 bits per heavy atom. The van der Waals surface area contributed by atoms with Crippen LogP contribution in [0.25, 0.3) is 5.76 Å². The third-order valence-electron chi connectivity index (χ3n) is 5.49. The summed E-state index contributed by atoms with van der Waals surface area (Å²) in [6.45, 7) is 3.95. The van der Waals surface area contributed by atoms with Crippen LogP contribution in [0.1, 0.15) is 43.4 Å². The van der Waals surface area contributed by atoms with Gasteiger partial charge in [0.05, 0.1) is 33.3 Å². The number of benzene rings is 1. The molecule has 1 aliphatic rings. The van der Waals surface area contributed by atoms with Crippen LogP contribution in [0.4, 0.5) is 0 Å². The van der Waals surface area contributed by atoms with Gasteiger partial charge in [-0.15, -0.1) is 0 Å². The molecule has 1 aromatic carbocycles. The lowest BCUT2D eigenvalue weighted by Gasteiger charge is -2.27. The van der Waals surface area contributed by atoms with E-state index in [1.54, 1.807) is 48.8 Å². The number of hydrogen-bond donors (Lipinski definition) is 1. The molecule has 0 aliphatic carbocycles. The van der Waals surface area contributed by atoms with Crippen LogP contribution in [0.3, 0.4) is 0 Å². The molecule has 3 rings (SSSR count). The number of Topliss-reactive ketones (excluding diaryl/α,β-unsaturated/α-hetero) is 1. The van der Waals surface area contributed by atoms with Crippen molar-refractivity contribution in [1.29, 1.82) is 0 Å². The molecule has 1 atom stereocenters. The van der Waals surface area contributed by atoms with Gasteiger partial charge in [0.2, 0.25) is 5.78 Å². The van der Waals surface area contributed by atoms with Crippen LogP contribution in [-0.2, 0) is 9.59 Å². The Morgan fingerprint density at radius 1 is 1.16 bits per heavy atom. The molecule has 0 spiro atoms. The molecule has 32 heavy (non-hydrogen) atoms. The molecule has 170 valence electrons. The quantitative estimate of drug-likeness (QED) is 0.260. The van der Waals surface area contributed by atoms with Crippen LogP contribution >= 0.6 is 0 Å². The number of ether oxygens (including phenoxy) is 1. The van der Waals surface area contributed by atoms with Gasteiger partial charge in [0, 0.05) is 30.9 Å². The maximum absolute atomic E-state index is 13.4. The zero-order valence-corrected chi connectivity index (χ0v) is 19.0. The lowest BCUT2D eigenvalue weighted by molar-refractivity contribution is -0.858. The summed E-state index contributed by atoms with van der Waals surface area (Å²) in [4.78, 5) is 32.7. The summed E-state index contributed by atoms with van der Waals surface area (Å²) < 4.78 is 5.66. The van der Waals surface area contributed by atoms with Crippen LogP contribution in [0.2, 0.25) is 0 Å². The second-order valence-electron chi connectivity index (χ2n) is 8.30. The Labute approximate surface area is 189 Å². The second kappa shape index (κ2) is 10.9. The van der Waals surface area contributed by atoms with E-state index in [1.807, 2.05) is 14.1 Å². The minimum Gasteiger partial charge on any atom is -0.872 e. The zero-order chi connectivity index (χ0) is 23.1. The van der Waals surface area contributed by atoms with Crippen molar-refractivity contribution < 1.29 is 24.3 Å². The number of carbonyl (C=O) groups excluding carboxylic acids is 2. The molecule has 1 fully saturated rings. The van der Waals surface area contributed by atoms with Gasteiger partial charge in [-0.1, -0.05) is 37.3 Å². The monoisotopic (exact) mass is 437 g/mol. The Kier molecular flexibility index (Phi) is 8.00. The maximum atomic E-state index is 13.4. The first-order valence-electron chi connectivity index (χ1n) is 11.1. The highest BCUT2D eigenvalue weighted by atomic mass is 16.5. The minimum absolute atomic E-state index is 0.0140. The second-order valence-corrected chi connectivity index (χ2v) is 8.30. The molecule has 1 unspecified atom stereocenters. The standard InChI is InChI=1S/C25H31N3O4/c1-4-5-16-32-20-11-9-18(10-12-20)23(29)21-22(19-8-6-13-26-17-19)28(25(31)24(21)30)15-7-14-27(2)3/h6,8-13,17,22,29H,4-5,7,14-16H2,1-3H3/b23-21+. The average molecular weight is 438 g/mol. The zero-order valence-electron chi connectivity index (χ0n) is 19.0. The van der Waals surface area contributed by atoms with Crippen LogP contribution in [-0.4, -0.2) is 55.4 Å². The van der Waals surface area contributed by atoms with E-state index in [0.717, 1.165) is 25.8 Å². The summed E-state index contributed by atoms with van der Waals surface area (Å²) in [5.41, 5.74) is 1.00. The molecule has 0 saturated carbocycles. The van der Waals surface area contributed by atoms with Crippen molar-refractivity contribution in [3.8, 4) is 5.75 Å². The highest BCUT2D eigenvalue weighted by molar-refractivity contribution is 6.46. The number of nitrogens with one attached hydrogen (secondary N) is 1. The van der Waals surface area contributed by atoms with Gasteiger partial charge < -0.3 is 19.6 Å². The van der Waals surface area contributed by atoms with Crippen molar-refractivity contribution in [2.24, 2.45) is 0 Å². The van der Waals surface area contributed by atoms with Gasteiger partial charge in [-0.25, -0.2) is 0 Å². The van der Waals surface area contributed by atoms with Crippen molar-refractivity contribution in [2.45, 2.75) is 32.2 Å². The Morgan fingerprint density at radius 2 is 1.91 bits per heavy atom. The number of unbranched alkanes of at least 4 members (excludes halogenated alkanes) is 1. The number of hydrogen-bond acceptors (Lipinski definition) is 5. The first kappa shape index (κ1) is 23.5. The first-order chi connectivity index (χ1) is 15.4. The van der Waals surface area contributed by atoms with Crippen LogP contribution in [0.15, 0.2) is 54.4 Å². The molecular weight excluding hydrogens is 406 g/mol. The smallest absolute Gasteiger partial charge is 0.295 e. The number of aromatic nitrogens is 1. The van der Waals surface area contributed by atoms with Crippen molar-refractivity contribution >= 4 is 17.4 Å². The molecule has 1 saturated heterocycles. The van der Waals surface area contributed by atoms with Gasteiger partial charge in [-0.2, -0.15) is 0 Å². The molecule has 7 nitrogen and oxygen atoms in total. The van der Waals surface area contributed by atoms with Gasteiger partial charge in [-0.3, -0.25) is 14.6 Å². The first-order valence-corrected chi connectivity index (χ1v) is 11.1. The molecular formula is C25H31N3O4. The molecule has 7 heteroatoms. The van der Waals surface area contributed by atoms with Crippen LogP contribution in [0.5, 0.6) is 5.75 Å². The number of amides is 1. The highest BCUT2D eigenvalue weighted by Gasteiger charge is 2.44. The topological polar surface area (TPSA) is 87.0 Å². The maximum Gasteiger partial charge on any atom is 0.295 e. The number of pyridine rings is 1. The van der Waals surface area contributed by atoms with Crippen molar-refractivity contribution in [2.75, 3.05) is 33.8 Å². The highest BCUT2D eigenvalue weighted by Crippen LogP contribution is 2.38. The molecule has 1 amide bonds. The van der Waals surface area contributed by atoms with Gasteiger partial charge in [0.1, 0.15) is 5.75 Å². The summed E-state index contributed by atoms with van der Waals surface area (Å²) in [5.74, 6) is -1.12. The van der Waals surface area contributed by atoms with Crippen LogP contribution < -0.4 is 14.7 Å².